The number of benzene rings is 1. The molecule has 1 saturated carbocycles. The molecule has 2 aromatic heterocycles. The highest BCUT2D eigenvalue weighted by atomic mass is 32.1. The minimum atomic E-state index is -1.04. The van der Waals surface area contributed by atoms with E-state index >= 15 is 0 Å². The Kier molecular flexibility index (Phi) is 4.72. The molecular weight excluding hydrogens is 364 g/mol. The molecule has 27 heavy (non-hydrogen) atoms. The van der Waals surface area contributed by atoms with Crippen molar-refractivity contribution >= 4 is 23.2 Å². The zero-order valence-electron chi connectivity index (χ0n) is 14.5. The molecule has 4 rings (SSSR count). The molecule has 3 aromatic rings. The van der Waals surface area contributed by atoms with E-state index in [2.05, 4.69) is 15.4 Å². The Balaban J connectivity index is 1.47. The SMILES string of the molecule is O=C(O)c1csc(CCNC(=O)c2cc(C3CC3)nn2-c2ccccc2)n1. The molecule has 1 amide bonds. The molecule has 8 heteroatoms. The Morgan fingerprint density at radius 2 is 2.04 bits per heavy atom. The third kappa shape index (κ3) is 3.90. The van der Waals surface area contributed by atoms with Crippen molar-refractivity contribution < 1.29 is 14.7 Å². The zero-order valence-corrected chi connectivity index (χ0v) is 15.3. The van der Waals surface area contributed by atoms with E-state index in [1.54, 1.807) is 4.68 Å². The number of carbonyl (C=O) groups excluding carboxylic acids is 1. The van der Waals surface area contributed by atoms with Gasteiger partial charge in [-0.2, -0.15) is 5.10 Å². The van der Waals surface area contributed by atoms with Crippen LogP contribution < -0.4 is 5.32 Å². The monoisotopic (exact) mass is 382 g/mol. The first-order valence-corrected chi connectivity index (χ1v) is 9.61. The number of carboxylic acid groups (broad SMARTS) is 1. The average molecular weight is 382 g/mol. The van der Waals surface area contributed by atoms with Gasteiger partial charge in [-0.05, 0) is 31.0 Å². The number of para-hydroxylation sites is 1. The first-order chi connectivity index (χ1) is 13.1. The Bertz CT molecular complexity index is 976. The lowest BCUT2D eigenvalue weighted by Gasteiger charge is -2.07. The maximum Gasteiger partial charge on any atom is 0.355 e. The largest absolute Gasteiger partial charge is 0.476 e. The van der Waals surface area contributed by atoms with Crippen molar-refractivity contribution in [3.05, 3.63) is 63.9 Å². The number of aromatic nitrogens is 3. The molecule has 138 valence electrons. The minimum Gasteiger partial charge on any atom is -0.476 e. The van der Waals surface area contributed by atoms with E-state index in [4.69, 9.17) is 5.11 Å². The predicted molar refractivity (Wildman–Crippen MR) is 101 cm³/mol. The number of carbonyl (C=O) groups is 2. The number of amides is 1. The van der Waals surface area contributed by atoms with Crippen LogP contribution in [0.5, 0.6) is 0 Å². The average Bonchev–Trinajstić information content (AvgIpc) is 3.24. The van der Waals surface area contributed by atoms with Crippen LogP contribution in [0.3, 0.4) is 0 Å². The topological polar surface area (TPSA) is 97.1 Å². The van der Waals surface area contributed by atoms with E-state index in [1.165, 1.54) is 16.7 Å². The molecule has 0 spiro atoms. The second kappa shape index (κ2) is 7.32. The highest BCUT2D eigenvalue weighted by Crippen LogP contribution is 2.39. The van der Waals surface area contributed by atoms with E-state index < -0.39 is 5.97 Å². The van der Waals surface area contributed by atoms with Gasteiger partial charge in [0.2, 0.25) is 0 Å². The van der Waals surface area contributed by atoms with Crippen LogP contribution in [-0.4, -0.2) is 38.3 Å². The van der Waals surface area contributed by atoms with Gasteiger partial charge < -0.3 is 10.4 Å². The van der Waals surface area contributed by atoms with Crippen LogP contribution in [0.2, 0.25) is 0 Å². The van der Waals surface area contributed by atoms with Crippen molar-refractivity contribution in [2.24, 2.45) is 0 Å². The molecule has 7 nitrogen and oxygen atoms in total. The summed E-state index contributed by atoms with van der Waals surface area (Å²) in [4.78, 5) is 27.6. The van der Waals surface area contributed by atoms with Crippen LogP contribution in [0.25, 0.3) is 5.69 Å². The van der Waals surface area contributed by atoms with Crippen LogP contribution in [-0.2, 0) is 6.42 Å². The van der Waals surface area contributed by atoms with Crippen molar-refractivity contribution in [3.63, 3.8) is 0 Å². The zero-order chi connectivity index (χ0) is 18.8. The highest BCUT2D eigenvalue weighted by molar-refractivity contribution is 7.09. The van der Waals surface area contributed by atoms with E-state index in [1.807, 2.05) is 36.4 Å². The smallest absolute Gasteiger partial charge is 0.355 e. The van der Waals surface area contributed by atoms with E-state index in [-0.39, 0.29) is 11.6 Å². The molecule has 1 fully saturated rings. The summed E-state index contributed by atoms with van der Waals surface area (Å²) in [7, 11) is 0. The van der Waals surface area contributed by atoms with Gasteiger partial charge in [0.1, 0.15) is 5.69 Å². The van der Waals surface area contributed by atoms with Crippen molar-refractivity contribution in [2.45, 2.75) is 25.2 Å². The van der Waals surface area contributed by atoms with E-state index in [9.17, 15) is 9.59 Å². The first-order valence-electron chi connectivity index (χ1n) is 8.73. The standard InChI is InChI=1S/C19H18N4O3S/c24-18(20-9-8-17-21-15(11-27-17)19(25)26)16-10-14(12-6-7-12)22-23(16)13-4-2-1-3-5-13/h1-5,10-12H,6-9H2,(H,20,24)(H,25,26). The fourth-order valence-corrected chi connectivity index (χ4v) is 3.58. The van der Waals surface area contributed by atoms with Crippen LogP contribution in [0.15, 0.2) is 41.8 Å². The number of nitrogens with zero attached hydrogens (tertiary/aromatic N) is 3. The van der Waals surface area contributed by atoms with Gasteiger partial charge in [0.25, 0.3) is 5.91 Å². The number of thiazole rings is 1. The Hall–Kier alpha value is -3.00. The molecule has 1 aliphatic rings. The summed E-state index contributed by atoms with van der Waals surface area (Å²) >= 11 is 1.28. The van der Waals surface area contributed by atoms with Gasteiger partial charge in [-0.1, -0.05) is 18.2 Å². The number of carboxylic acids is 1. The number of rotatable bonds is 7. The Morgan fingerprint density at radius 3 is 2.70 bits per heavy atom. The molecule has 2 heterocycles. The molecule has 1 aromatic carbocycles. The van der Waals surface area contributed by atoms with Crippen molar-refractivity contribution in [2.75, 3.05) is 6.54 Å². The molecule has 0 unspecified atom stereocenters. The second-order valence-electron chi connectivity index (χ2n) is 6.41. The fraction of sp³-hybridized carbons (Fsp3) is 0.263. The Labute approximate surface area is 159 Å². The van der Waals surface area contributed by atoms with Crippen molar-refractivity contribution in [1.29, 1.82) is 0 Å². The number of hydrogen-bond acceptors (Lipinski definition) is 5. The maximum absolute atomic E-state index is 12.7. The number of hydrogen-bond donors (Lipinski definition) is 2. The van der Waals surface area contributed by atoms with Crippen LogP contribution in [0.1, 0.15) is 50.4 Å². The van der Waals surface area contributed by atoms with Crippen LogP contribution in [0.4, 0.5) is 0 Å². The molecular formula is C19H18N4O3S. The van der Waals surface area contributed by atoms with Gasteiger partial charge in [0.15, 0.2) is 5.69 Å². The summed E-state index contributed by atoms with van der Waals surface area (Å²) in [5.74, 6) is -0.791. The second-order valence-corrected chi connectivity index (χ2v) is 7.36. The summed E-state index contributed by atoms with van der Waals surface area (Å²) < 4.78 is 1.69. The van der Waals surface area contributed by atoms with Gasteiger partial charge in [-0.25, -0.2) is 14.5 Å². The lowest BCUT2D eigenvalue weighted by atomic mass is 10.2. The van der Waals surface area contributed by atoms with Crippen molar-refractivity contribution in [3.8, 4) is 5.69 Å². The first kappa shape index (κ1) is 17.4. The van der Waals surface area contributed by atoms with Crippen LogP contribution in [0, 0.1) is 0 Å². The van der Waals surface area contributed by atoms with E-state index in [0.29, 0.717) is 29.6 Å². The third-order valence-electron chi connectivity index (χ3n) is 4.35. The highest BCUT2D eigenvalue weighted by Gasteiger charge is 2.29. The molecule has 0 aliphatic heterocycles. The van der Waals surface area contributed by atoms with Gasteiger partial charge in [0, 0.05) is 24.3 Å². The predicted octanol–water partition coefficient (Wildman–Crippen LogP) is 2.88. The number of nitrogens with one attached hydrogen (secondary N) is 1. The molecule has 0 atom stereocenters. The number of aromatic carboxylic acids is 1. The minimum absolute atomic E-state index is 0.0394. The molecule has 2 N–H and O–H groups in total. The van der Waals surface area contributed by atoms with Gasteiger partial charge >= 0.3 is 5.97 Å². The van der Waals surface area contributed by atoms with E-state index in [0.717, 1.165) is 24.2 Å². The third-order valence-corrected chi connectivity index (χ3v) is 5.26. The summed E-state index contributed by atoms with van der Waals surface area (Å²) in [5.41, 5.74) is 2.35. The summed E-state index contributed by atoms with van der Waals surface area (Å²) in [6, 6.07) is 11.5. The van der Waals surface area contributed by atoms with Gasteiger partial charge in [-0.3, -0.25) is 4.79 Å². The quantitative estimate of drug-likeness (QED) is 0.655. The molecule has 0 saturated heterocycles. The summed E-state index contributed by atoms with van der Waals surface area (Å²) in [6.07, 6.45) is 2.71. The summed E-state index contributed by atoms with van der Waals surface area (Å²) in [5, 5.41) is 18.6. The normalized spacial score (nSPS) is 13.5. The Morgan fingerprint density at radius 1 is 1.26 bits per heavy atom. The lowest BCUT2D eigenvalue weighted by molar-refractivity contribution is 0.0690. The molecule has 1 aliphatic carbocycles. The lowest BCUT2D eigenvalue weighted by Crippen LogP contribution is -2.27. The maximum atomic E-state index is 12.7. The molecule has 0 radical (unpaired) electrons. The van der Waals surface area contributed by atoms with Crippen molar-refractivity contribution in [1.82, 2.24) is 20.1 Å². The fourth-order valence-electron chi connectivity index (χ4n) is 2.80. The summed E-state index contributed by atoms with van der Waals surface area (Å²) in [6.45, 7) is 0.379. The van der Waals surface area contributed by atoms with Gasteiger partial charge in [-0.15, -0.1) is 11.3 Å². The van der Waals surface area contributed by atoms with Crippen LogP contribution >= 0.6 is 11.3 Å². The van der Waals surface area contributed by atoms with Gasteiger partial charge in [0.05, 0.1) is 16.4 Å². The molecule has 0 bridgehead atoms.